The number of nitro benzene ring substituents is 1. The fourth-order valence-electron chi connectivity index (χ4n) is 1.73. The van der Waals surface area contributed by atoms with E-state index in [1.165, 1.54) is 30.0 Å². The molecule has 0 radical (unpaired) electrons. The van der Waals surface area contributed by atoms with Gasteiger partial charge in [-0.1, -0.05) is 0 Å². The second-order valence-corrected chi connectivity index (χ2v) is 4.83. The van der Waals surface area contributed by atoms with Gasteiger partial charge in [0, 0.05) is 26.1 Å². The van der Waals surface area contributed by atoms with E-state index in [2.05, 4.69) is 5.32 Å². The van der Waals surface area contributed by atoms with Gasteiger partial charge in [0.05, 0.1) is 22.8 Å². The van der Waals surface area contributed by atoms with Crippen LogP contribution in [0.1, 0.15) is 6.92 Å². The number of likely N-dealkylation sites (N-methyl/N-ethyl adjacent to an activating group) is 2. The average molecular weight is 294 g/mol. The lowest BCUT2D eigenvalue weighted by Crippen LogP contribution is -2.35. The SMILES string of the molecule is CC(=O)Nc1cc([N+](=O)[O-])ccc1N(C)C(=O)CN(C)C. The fraction of sp³-hybridized carbons (Fsp3) is 0.385. The highest BCUT2D eigenvalue weighted by Gasteiger charge is 2.18. The van der Waals surface area contributed by atoms with Crippen molar-refractivity contribution < 1.29 is 14.5 Å². The van der Waals surface area contributed by atoms with Crippen LogP contribution in [0.3, 0.4) is 0 Å². The van der Waals surface area contributed by atoms with Crippen LogP contribution >= 0.6 is 0 Å². The second-order valence-electron chi connectivity index (χ2n) is 4.83. The normalized spacial score (nSPS) is 10.3. The van der Waals surface area contributed by atoms with Crippen LogP contribution in [0.4, 0.5) is 17.1 Å². The highest BCUT2D eigenvalue weighted by atomic mass is 16.6. The van der Waals surface area contributed by atoms with E-state index in [0.717, 1.165) is 0 Å². The van der Waals surface area contributed by atoms with Crippen molar-refractivity contribution in [2.24, 2.45) is 0 Å². The molecule has 1 N–H and O–H groups in total. The number of hydrogen-bond acceptors (Lipinski definition) is 5. The summed E-state index contributed by atoms with van der Waals surface area (Å²) in [5.74, 6) is -0.564. The smallest absolute Gasteiger partial charge is 0.271 e. The molecule has 2 amide bonds. The van der Waals surface area contributed by atoms with E-state index < -0.39 is 4.92 Å². The Hall–Kier alpha value is -2.48. The number of benzene rings is 1. The van der Waals surface area contributed by atoms with Crippen LogP contribution in [0.2, 0.25) is 0 Å². The highest BCUT2D eigenvalue weighted by Crippen LogP contribution is 2.29. The summed E-state index contributed by atoms with van der Waals surface area (Å²) in [7, 11) is 5.07. The summed E-state index contributed by atoms with van der Waals surface area (Å²) in [4.78, 5) is 36.6. The van der Waals surface area contributed by atoms with Gasteiger partial charge in [0.15, 0.2) is 0 Å². The third-order valence-corrected chi connectivity index (χ3v) is 2.69. The molecule has 0 atom stereocenters. The predicted molar refractivity (Wildman–Crippen MR) is 79.4 cm³/mol. The number of nitrogens with one attached hydrogen (secondary N) is 1. The molecule has 0 aliphatic carbocycles. The molecule has 0 bridgehead atoms. The average Bonchev–Trinajstić information content (AvgIpc) is 2.36. The van der Waals surface area contributed by atoms with Gasteiger partial charge in [-0.25, -0.2) is 0 Å². The van der Waals surface area contributed by atoms with Gasteiger partial charge in [-0.15, -0.1) is 0 Å². The minimum atomic E-state index is -0.559. The van der Waals surface area contributed by atoms with Gasteiger partial charge in [-0.2, -0.15) is 0 Å². The van der Waals surface area contributed by atoms with Gasteiger partial charge in [0.2, 0.25) is 11.8 Å². The first-order valence-corrected chi connectivity index (χ1v) is 6.19. The van der Waals surface area contributed by atoms with Crippen molar-refractivity contribution in [3.63, 3.8) is 0 Å². The zero-order valence-electron chi connectivity index (χ0n) is 12.4. The molecule has 1 aromatic rings. The quantitative estimate of drug-likeness (QED) is 0.647. The number of carbonyl (C=O) groups is 2. The van der Waals surface area contributed by atoms with E-state index >= 15 is 0 Å². The fourth-order valence-corrected chi connectivity index (χ4v) is 1.73. The Morgan fingerprint density at radius 1 is 1.29 bits per heavy atom. The van der Waals surface area contributed by atoms with E-state index in [4.69, 9.17) is 0 Å². The van der Waals surface area contributed by atoms with E-state index in [1.54, 1.807) is 26.0 Å². The summed E-state index contributed by atoms with van der Waals surface area (Å²) in [6.45, 7) is 1.48. The molecular formula is C13H18N4O4. The third-order valence-electron chi connectivity index (χ3n) is 2.69. The topological polar surface area (TPSA) is 95.8 Å². The van der Waals surface area contributed by atoms with Crippen LogP contribution in [0.15, 0.2) is 18.2 Å². The minimum absolute atomic E-state index is 0.157. The number of rotatable bonds is 5. The lowest BCUT2D eigenvalue weighted by molar-refractivity contribution is -0.384. The van der Waals surface area contributed by atoms with Crippen molar-refractivity contribution in [1.29, 1.82) is 0 Å². The van der Waals surface area contributed by atoms with Crippen LogP contribution in [-0.4, -0.2) is 49.3 Å². The second kappa shape index (κ2) is 6.80. The third kappa shape index (κ3) is 4.53. The summed E-state index contributed by atoms with van der Waals surface area (Å²) >= 11 is 0. The molecule has 0 fully saturated rings. The van der Waals surface area contributed by atoms with Crippen LogP contribution in [-0.2, 0) is 9.59 Å². The van der Waals surface area contributed by atoms with Gasteiger partial charge in [0.1, 0.15) is 0 Å². The molecule has 0 saturated carbocycles. The monoisotopic (exact) mass is 294 g/mol. The summed E-state index contributed by atoms with van der Waals surface area (Å²) in [5, 5.41) is 13.3. The van der Waals surface area contributed by atoms with Crippen molar-refractivity contribution in [2.75, 3.05) is 37.9 Å². The first-order chi connectivity index (χ1) is 9.72. The van der Waals surface area contributed by atoms with Gasteiger partial charge >= 0.3 is 0 Å². The molecule has 21 heavy (non-hydrogen) atoms. The summed E-state index contributed by atoms with van der Waals surface area (Å²) in [6, 6.07) is 3.97. The first-order valence-electron chi connectivity index (χ1n) is 6.19. The van der Waals surface area contributed by atoms with Crippen molar-refractivity contribution in [3.8, 4) is 0 Å². The molecule has 0 aromatic heterocycles. The Morgan fingerprint density at radius 2 is 1.90 bits per heavy atom. The van der Waals surface area contributed by atoms with Gasteiger partial charge in [0.25, 0.3) is 5.69 Å². The van der Waals surface area contributed by atoms with Gasteiger partial charge in [-0.3, -0.25) is 19.7 Å². The van der Waals surface area contributed by atoms with Crippen molar-refractivity contribution in [1.82, 2.24) is 4.90 Å². The molecule has 114 valence electrons. The molecule has 0 aliphatic heterocycles. The molecule has 0 saturated heterocycles. The molecule has 8 nitrogen and oxygen atoms in total. The molecule has 8 heteroatoms. The molecule has 1 aromatic carbocycles. The van der Waals surface area contributed by atoms with Gasteiger partial charge < -0.3 is 15.1 Å². The molecule has 1 rings (SSSR count). The number of nitro groups is 1. The van der Waals surface area contributed by atoms with Crippen molar-refractivity contribution >= 4 is 28.9 Å². The number of carbonyl (C=O) groups excluding carboxylic acids is 2. The molecule has 0 unspecified atom stereocenters. The van der Waals surface area contributed by atoms with Crippen LogP contribution < -0.4 is 10.2 Å². The predicted octanol–water partition coefficient (Wildman–Crippen LogP) is 1.08. The number of anilines is 2. The van der Waals surface area contributed by atoms with Crippen molar-refractivity contribution in [3.05, 3.63) is 28.3 Å². The maximum absolute atomic E-state index is 12.0. The number of non-ortho nitro benzene ring substituents is 1. The first kappa shape index (κ1) is 16.6. The van der Waals surface area contributed by atoms with Crippen LogP contribution in [0.25, 0.3) is 0 Å². The Morgan fingerprint density at radius 3 is 2.38 bits per heavy atom. The van der Waals surface area contributed by atoms with Crippen molar-refractivity contribution in [2.45, 2.75) is 6.92 Å². The lowest BCUT2D eigenvalue weighted by atomic mass is 10.2. The van der Waals surface area contributed by atoms with E-state index in [1.807, 2.05) is 0 Å². The zero-order chi connectivity index (χ0) is 16.2. The van der Waals surface area contributed by atoms with Gasteiger partial charge in [-0.05, 0) is 20.2 Å². The summed E-state index contributed by atoms with van der Waals surface area (Å²) in [6.07, 6.45) is 0. The largest absolute Gasteiger partial charge is 0.324 e. The zero-order valence-corrected chi connectivity index (χ0v) is 12.4. The molecular weight excluding hydrogens is 276 g/mol. The van der Waals surface area contributed by atoms with Crippen LogP contribution in [0, 0.1) is 10.1 Å². The Bertz CT molecular complexity index is 571. The van der Waals surface area contributed by atoms with Crippen LogP contribution in [0.5, 0.6) is 0 Å². The molecule has 0 aliphatic rings. The standard InChI is InChI=1S/C13H18N4O4/c1-9(18)14-11-7-10(17(20)21)5-6-12(11)16(4)13(19)8-15(2)3/h5-7H,8H2,1-4H3,(H,14,18). The number of amides is 2. The van der Waals surface area contributed by atoms with E-state index in [-0.39, 0.29) is 29.7 Å². The number of hydrogen-bond donors (Lipinski definition) is 1. The molecule has 0 heterocycles. The highest BCUT2D eigenvalue weighted by molar-refractivity contribution is 6.01. The number of nitrogens with zero attached hydrogens (tertiary/aromatic N) is 3. The molecule has 0 spiro atoms. The maximum Gasteiger partial charge on any atom is 0.271 e. The Balaban J connectivity index is 3.17. The Kier molecular flexibility index (Phi) is 5.37. The Labute approximate surface area is 122 Å². The maximum atomic E-state index is 12.0. The van der Waals surface area contributed by atoms with E-state index in [0.29, 0.717) is 5.69 Å². The van der Waals surface area contributed by atoms with E-state index in [9.17, 15) is 19.7 Å². The summed E-state index contributed by atoms with van der Waals surface area (Å²) in [5.41, 5.74) is 0.477. The minimum Gasteiger partial charge on any atom is -0.324 e. The summed E-state index contributed by atoms with van der Waals surface area (Å²) < 4.78 is 0. The lowest BCUT2D eigenvalue weighted by Gasteiger charge is -2.22.